The van der Waals surface area contributed by atoms with Crippen molar-refractivity contribution in [1.29, 1.82) is 0 Å². The van der Waals surface area contributed by atoms with Gasteiger partial charge in [0.25, 0.3) is 0 Å². The molecule has 1 aliphatic rings. The van der Waals surface area contributed by atoms with E-state index in [1.807, 2.05) is 12.1 Å². The Hall–Kier alpha value is -6.34. The average Bonchev–Trinajstić information content (AvgIpc) is 3.26. The standard InChI is InChI=1S/C50H40N2O2SSi/c1-50(2)44-28-15-17-31-47(44)52(48-32-18-16-29-45(48)50)38-34-37(46-30-19-33-49(51-46)55(53,54)39-20-7-3-8-21-39)35-43(36-38)56(40-22-9-4-10-23-40,41-24-11-5-12-25-41)42-26-13-6-14-27-42/h3-36H,1-2H3. The average molecular weight is 761 g/mol. The molecule has 1 aromatic heterocycles. The van der Waals surface area contributed by atoms with Crippen molar-refractivity contribution in [3.63, 3.8) is 0 Å². The van der Waals surface area contributed by atoms with E-state index >= 15 is 0 Å². The lowest BCUT2D eigenvalue weighted by Crippen LogP contribution is -2.74. The summed E-state index contributed by atoms with van der Waals surface area (Å²) in [5.41, 5.74) is 6.85. The second kappa shape index (κ2) is 14.1. The van der Waals surface area contributed by atoms with E-state index in [0.717, 1.165) is 27.8 Å². The maximum Gasteiger partial charge on any atom is 0.223 e. The first-order valence-corrected chi connectivity index (χ1v) is 22.4. The van der Waals surface area contributed by atoms with Crippen LogP contribution in [0.4, 0.5) is 17.1 Å². The first kappa shape index (κ1) is 35.4. The lowest BCUT2D eigenvalue weighted by atomic mass is 9.73. The second-order valence-corrected chi connectivity index (χ2v) is 20.5. The van der Waals surface area contributed by atoms with Crippen LogP contribution in [0.2, 0.25) is 0 Å². The van der Waals surface area contributed by atoms with E-state index in [4.69, 9.17) is 4.98 Å². The zero-order chi connectivity index (χ0) is 38.3. The predicted octanol–water partition coefficient (Wildman–Crippen LogP) is 9.07. The third kappa shape index (κ3) is 5.81. The highest BCUT2D eigenvalue weighted by Gasteiger charge is 2.43. The summed E-state index contributed by atoms with van der Waals surface area (Å²) in [6.45, 7) is 4.59. The van der Waals surface area contributed by atoms with Gasteiger partial charge in [-0.25, -0.2) is 13.4 Å². The number of benzene rings is 7. The van der Waals surface area contributed by atoms with Crippen molar-refractivity contribution >= 4 is 55.7 Å². The highest BCUT2D eigenvalue weighted by molar-refractivity contribution is 7.91. The molecule has 9 rings (SSSR count). The zero-order valence-corrected chi connectivity index (χ0v) is 33.1. The Morgan fingerprint density at radius 1 is 0.482 bits per heavy atom. The van der Waals surface area contributed by atoms with Crippen molar-refractivity contribution in [2.75, 3.05) is 4.90 Å². The fourth-order valence-corrected chi connectivity index (χ4v) is 14.6. The van der Waals surface area contributed by atoms with Crippen molar-refractivity contribution in [3.05, 3.63) is 217 Å². The Morgan fingerprint density at radius 3 is 1.46 bits per heavy atom. The number of nitrogens with zero attached hydrogens (tertiary/aromatic N) is 2. The fourth-order valence-electron chi connectivity index (χ4n) is 8.56. The molecule has 56 heavy (non-hydrogen) atoms. The molecule has 0 amide bonds. The summed E-state index contributed by atoms with van der Waals surface area (Å²) in [5, 5.41) is 4.91. The highest BCUT2D eigenvalue weighted by atomic mass is 32.2. The van der Waals surface area contributed by atoms with Crippen LogP contribution in [0.1, 0.15) is 25.0 Å². The summed E-state index contributed by atoms with van der Waals surface area (Å²) in [5.74, 6) is 0. The number of fused-ring (bicyclic) bond motifs is 2. The van der Waals surface area contributed by atoms with Gasteiger partial charge in [-0.2, -0.15) is 0 Å². The van der Waals surface area contributed by atoms with Crippen molar-refractivity contribution in [2.45, 2.75) is 29.2 Å². The molecule has 6 heteroatoms. The van der Waals surface area contributed by atoms with Gasteiger partial charge in [0, 0.05) is 16.7 Å². The van der Waals surface area contributed by atoms with Crippen LogP contribution in [0.15, 0.2) is 216 Å². The van der Waals surface area contributed by atoms with Crippen molar-refractivity contribution in [1.82, 2.24) is 4.98 Å². The maximum atomic E-state index is 14.0. The minimum atomic E-state index is -3.87. The summed E-state index contributed by atoms with van der Waals surface area (Å²) >= 11 is 0. The minimum absolute atomic E-state index is 0.0150. The fraction of sp³-hybridized carbons (Fsp3) is 0.0600. The third-order valence-electron chi connectivity index (χ3n) is 11.2. The lowest BCUT2D eigenvalue weighted by molar-refractivity contribution is 0.592. The normalized spacial score (nSPS) is 13.4. The van der Waals surface area contributed by atoms with E-state index in [-0.39, 0.29) is 15.3 Å². The monoisotopic (exact) mass is 760 g/mol. The van der Waals surface area contributed by atoms with Gasteiger partial charge in [0.2, 0.25) is 9.84 Å². The molecule has 0 saturated heterocycles. The molecule has 2 heterocycles. The van der Waals surface area contributed by atoms with Gasteiger partial charge < -0.3 is 4.90 Å². The molecule has 0 radical (unpaired) electrons. The molecule has 0 N–H and O–H groups in total. The molecular weight excluding hydrogens is 721 g/mol. The largest absolute Gasteiger partial charge is 0.310 e. The topological polar surface area (TPSA) is 50.3 Å². The van der Waals surface area contributed by atoms with E-state index in [0.29, 0.717) is 5.69 Å². The molecule has 0 bridgehead atoms. The number of aromatic nitrogens is 1. The van der Waals surface area contributed by atoms with Gasteiger partial charge in [0.1, 0.15) is 0 Å². The number of rotatable bonds is 8. The van der Waals surface area contributed by atoms with Gasteiger partial charge in [-0.1, -0.05) is 172 Å². The van der Waals surface area contributed by atoms with Crippen molar-refractivity contribution < 1.29 is 8.42 Å². The van der Waals surface area contributed by atoms with Gasteiger partial charge in [-0.3, -0.25) is 0 Å². The minimum Gasteiger partial charge on any atom is -0.310 e. The molecule has 0 aliphatic carbocycles. The molecule has 8 aromatic rings. The van der Waals surface area contributed by atoms with Crippen LogP contribution >= 0.6 is 0 Å². The number of pyridine rings is 1. The Morgan fingerprint density at radius 2 is 0.946 bits per heavy atom. The summed E-state index contributed by atoms with van der Waals surface area (Å²) in [6, 6.07) is 70.6. The molecule has 0 unspecified atom stereocenters. The molecular formula is C50H40N2O2SSi. The lowest BCUT2D eigenvalue weighted by Gasteiger charge is -2.42. The molecule has 0 spiro atoms. The summed E-state index contributed by atoms with van der Waals surface area (Å²) < 4.78 is 28.0. The first-order chi connectivity index (χ1) is 27.3. The molecule has 0 saturated carbocycles. The van der Waals surface area contributed by atoms with E-state index in [9.17, 15) is 8.42 Å². The third-order valence-corrected chi connectivity index (χ3v) is 17.6. The number of sulfone groups is 1. The Kier molecular flexibility index (Phi) is 8.88. The quantitative estimate of drug-likeness (QED) is 0.115. The smallest absolute Gasteiger partial charge is 0.223 e. The summed E-state index contributed by atoms with van der Waals surface area (Å²) in [4.78, 5) is 7.54. The first-order valence-electron chi connectivity index (χ1n) is 18.9. The van der Waals surface area contributed by atoms with Gasteiger partial charge in [-0.15, -0.1) is 0 Å². The van der Waals surface area contributed by atoms with Gasteiger partial charge in [0.05, 0.1) is 22.0 Å². The molecule has 1 aliphatic heterocycles. The number of para-hydroxylation sites is 2. The number of hydrogen-bond donors (Lipinski definition) is 0. The molecule has 4 nitrogen and oxygen atoms in total. The van der Waals surface area contributed by atoms with Gasteiger partial charge >= 0.3 is 0 Å². The van der Waals surface area contributed by atoms with Crippen LogP contribution < -0.4 is 25.6 Å². The summed E-state index contributed by atoms with van der Waals surface area (Å²) in [6.07, 6.45) is 0. The van der Waals surface area contributed by atoms with Crippen molar-refractivity contribution in [3.8, 4) is 11.3 Å². The van der Waals surface area contributed by atoms with Crippen LogP contribution in [0, 0.1) is 0 Å². The van der Waals surface area contributed by atoms with Crippen LogP contribution in [0.5, 0.6) is 0 Å². The zero-order valence-electron chi connectivity index (χ0n) is 31.2. The molecule has 272 valence electrons. The molecule has 0 atom stereocenters. The highest BCUT2D eigenvalue weighted by Crippen LogP contribution is 2.51. The Labute approximate surface area is 330 Å². The molecule has 0 fully saturated rings. The Balaban J connectivity index is 1.39. The SMILES string of the molecule is CC1(C)c2ccccc2N(c2cc(-c3cccc(S(=O)(=O)c4ccccc4)n3)cc([Si](c3ccccc3)(c3ccccc3)c3ccccc3)c2)c2ccccc21. The van der Waals surface area contributed by atoms with E-state index in [1.165, 1.54) is 26.7 Å². The number of hydrogen-bond acceptors (Lipinski definition) is 4. The second-order valence-electron chi connectivity index (χ2n) is 14.8. The van der Waals surface area contributed by atoms with E-state index in [2.05, 4.69) is 176 Å². The van der Waals surface area contributed by atoms with Crippen LogP contribution in [0.3, 0.4) is 0 Å². The maximum absolute atomic E-state index is 14.0. The number of anilines is 3. The summed E-state index contributed by atoms with van der Waals surface area (Å²) in [7, 11) is -6.92. The van der Waals surface area contributed by atoms with E-state index < -0.39 is 17.9 Å². The van der Waals surface area contributed by atoms with E-state index in [1.54, 1.807) is 36.4 Å². The predicted molar refractivity (Wildman–Crippen MR) is 232 cm³/mol. The van der Waals surface area contributed by atoms with Gasteiger partial charge in [-0.05, 0) is 80.4 Å². The molecule has 7 aromatic carbocycles. The van der Waals surface area contributed by atoms with Crippen LogP contribution in [-0.2, 0) is 15.3 Å². The Bertz CT molecular complexity index is 2650. The van der Waals surface area contributed by atoms with Crippen LogP contribution in [0.25, 0.3) is 11.3 Å². The van der Waals surface area contributed by atoms with Gasteiger partial charge in [0.15, 0.2) is 13.1 Å². The van der Waals surface area contributed by atoms with Crippen LogP contribution in [-0.4, -0.2) is 21.5 Å². The van der Waals surface area contributed by atoms with Crippen molar-refractivity contribution in [2.24, 2.45) is 0 Å².